The summed E-state index contributed by atoms with van der Waals surface area (Å²) in [5, 5.41) is 24.1. The van der Waals surface area contributed by atoms with Gasteiger partial charge in [0.15, 0.2) is 0 Å². The molecule has 4 aromatic rings. The molecule has 0 saturated heterocycles. The van der Waals surface area contributed by atoms with Crippen molar-refractivity contribution in [2.24, 2.45) is 5.73 Å². The highest BCUT2D eigenvalue weighted by Crippen LogP contribution is 2.20. The topological polar surface area (TPSA) is 245 Å². The van der Waals surface area contributed by atoms with Gasteiger partial charge in [-0.15, -0.1) is 0 Å². The summed E-state index contributed by atoms with van der Waals surface area (Å²) < 4.78 is 0. The summed E-state index contributed by atoms with van der Waals surface area (Å²) in [4.78, 5) is 95.1. The number of carbonyl (C=O) groups excluding carboxylic acids is 6. The van der Waals surface area contributed by atoms with E-state index in [0.29, 0.717) is 24.1 Å². The van der Waals surface area contributed by atoms with Crippen molar-refractivity contribution in [2.45, 2.75) is 76.5 Å². The second-order valence-corrected chi connectivity index (χ2v) is 13.8. The lowest BCUT2D eigenvalue weighted by Gasteiger charge is -2.31. The van der Waals surface area contributed by atoms with Crippen LogP contribution in [0, 0.1) is 6.92 Å². The minimum absolute atomic E-state index is 0.0230. The maximum atomic E-state index is 14.2. The summed E-state index contributed by atoms with van der Waals surface area (Å²) in [6, 6.07) is 17.8. The molecule has 16 heteroatoms. The number of anilines is 1. The number of hydrogen-bond acceptors (Lipinski definition) is 7. The number of primary amides is 1. The maximum Gasteiger partial charge on any atom is 0.319 e. The van der Waals surface area contributed by atoms with Gasteiger partial charge in [-0.25, -0.2) is 4.79 Å². The van der Waals surface area contributed by atoms with Crippen LogP contribution < -0.4 is 32.3 Å². The molecule has 4 rings (SSSR count). The molecule has 3 aromatic carbocycles. The van der Waals surface area contributed by atoms with Gasteiger partial charge in [-0.3, -0.25) is 28.8 Å². The van der Waals surface area contributed by atoms with Gasteiger partial charge in [-0.05, 0) is 55.0 Å². The molecule has 1 heterocycles. The molecule has 16 nitrogen and oxygen atoms in total. The molecule has 0 aliphatic rings. The van der Waals surface area contributed by atoms with Gasteiger partial charge < -0.3 is 47.3 Å². The molecule has 0 saturated carbocycles. The lowest BCUT2D eigenvalue weighted by molar-refractivity contribution is -0.147. The van der Waals surface area contributed by atoms with Crippen molar-refractivity contribution in [3.8, 4) is 0 Å². The van der Waals surface area contributed by atoms with Gasteiger partial charge in [0, 0.05) is 56.1 Å². The summed E-state index contributed by atoms with van der Waals surface area (Å²) in [6.07, 6.45) is 1.72. The van der Waals surface area contributed by atoms with Crippen molar-refractivity contribution in [3.05, 3.63) is 102 Å². The van der Waals surface area contributed by atoms with Gasteiger partial charge in [0.05, 0.1) is 6.42 Å². The second-order valence-electron chi connectivity index (χ2n) is 13.8. The third-order valence-electron chi connectivity index (χ3n) is 9.43. The molecule has 0 aliphatic carbocycles. The summed E-state index contributed by atoms with van der Waals surface area (Å²) in [5.74, 6) is -5.15. The van der Waals surface area contributed by atoms with E-state index in [4.69, 9.17) is 5.73 Å². The monoisotopic (exact) mass is 782 g/mol. The maximum absolute atomic E-state index is 14.2. The Morgan fingerprint density at radius 1 is 0.789 bits per heavy atom. The fourth-order valence-corrected chi connectivity index (χ4v) is 6.37. The van der Waals surface area contributed by atoms with E-state index in [-0.39, 0.29) is 25.8 Å². The average Bonchev–Trinajstić information content (AvgIpc) is 3.58. The summed E-state index contributed by atoms with van der Waals surface area (Å²) >= 11 is 0. The summed E-state index contributed by atoms with van der Waals surface area (Å²) in [5.41, 5.74) is 9.39. The number of para-hydroxylation sites is 2. The van der Waals surface area contributed by atoms with Gasteiger partial charge in [0.25, 0.3) is 0 Å². The van der Waals surface area contributed by atoms with Gasteiger partial charge in [-0.2, -0.15) is 0 Å². The Morgan fingerprint density at radius 3 is 2.14 bits per heavy atom. The number of likely N-dealkylation sites (N-methyl/N-ethyl adjacent to an activating group) is 1. The van der Waals surface area contributed by atoms with Gasteiger partial charge in [0.1, 0.15) is 24.2 Å². The van der Waals surface area contributed by atoms with E-state index in [1.807, 2.05) is 43.3 Å². The van der Waals surface area contributed by atoms with Crippen molar-refractivity contribution in [1.82, 2.24) is 31.2 Å². The smallest absolute Gasteiger partial charge is 0.319 e. The molecule has 0 spiro atoms. The van der Waals surface area contributed by atoms with Crippen LogP contribution in [0.15, 0.2) is 85.1 Å². The number of nitrogens with zero attached hydrogens (tertiary/aromatic N) is 1. The SMILES string of the molecule is CC(=O)N[C@@H](Cc1c[nH]c2ccccc12)C(=O)N[C@@H](CCCCNC(=O)Nc1ccccc1C)C(=O)N(C)[C@@H](CC(=O)O)C(=O)N[C@@H](Cc1ccccc1)C(N)=O. The number of aromatic nitrogens is 1. The second kappa shape index (κ2) is 20.8. The summed E-state index contributed by atoms with van der Waals surface area (Å²) in [7, 11) is 1.24. The van der Waals surface area contributed by atoms with Crippen molar-refractivity contribution in [3.63, 3.8) is 0 Å². The number of nitrogens with one attached hydrogen (secondary N) is 6. The van der Waals surface area contributed by atoms with Crippen LogP contribution in [0.25, 0.3) is 10.9 Å². The Bertz CT molecular complexity index is 2050. The number of nitrogens with two attached hydrogens (primary N) is 1. The minimum Gasteiger partial charge on any atom is -0.481 e. The first-order valence-electron chi connectivity index (χ1n) is 18.6. The van der Waals surface area contributed by atoms with Crippen molar-refractivity contribution in [2.75, 3.05) is 18.9 Å². The predicted octanol–water partition coefficient (Wildman–Crippen LogP) is 2.51. The molecular weight excluding hydrogens is 732 g/mol. The number of carboxylic acids is 1. The Kier molecular flexibility index (Phi) is 15.7. The number of rotatable bonds is 20. The van der Waals surface area contributed by atoms with Crippen LogP contribution >= 0.6 is 0 Å². The number of hydrogen-bond donors (Lipinski definition) is 8. The van der Waals surface area contributed by atoms with E-state index in [0.717, 1.165) is 26.9 Å². The Labute approximate surface area is 330 Å². The van der Waals surface area contributed by atoms with E-state index in [1.165, 1.54) is 14.0 Å². The van der Waals surface area contributed by atoms with Gasteiger partial charge in [-0.1, -0.05) is 66.7 Å². The highest BCUT2D eigenvalue weighted by Gasteiger charge is 2.36. The van der Waals surface area contributed by atoms with Gasteiger partial charge >= 0.3 is 12.0 Å². The van der Waals surface area contributed by atoms with Crippen LogP contribution in [0.4, 0.5) is 10.5 Å². The number of aliphatic carboxylic acids is 1. The number of benzene rings is 3. The number of amides is 7. The zero-order chi connectivity index (χ0) is 41.5. The third kappa shape index (κ3) is 12.9. The Balaban J connectivity index is 1.52. The van der Waals surface area contributed by atoms with E-state index in [1.54, 1.807) is 48.7 Å². The normalized spacial score (nSPS) is 13.0. The molecule has 57 heavy (non-hydrogen) atoms. The highest BCUT2D eigenvalue weighted by atomic mass is 16.4. The molecule has 0 aliphatic heterocycles. The van der Waals surface area contributed by atoms with E-state index in [9.17, 15) is 38.7 Å². The van der Waals surface area contributed by atoms with E-state index < -0.39 is 72.1 Å². The standard InChI is InChI=1S/C41H50N8O8/c1-25-13-7-9-17-30(25)48-41(57)43-20-12-11-19-32(46-38(54)34(45-26(2)50)22-28-24-44-31-18-10-8-16-29(28)31)40(56)49(3)35(23-36(51)52)39(55)47-33(37(42)53)21-27-14-5-4-6-15-27/h4-10,13-18,24,32-35,44H,11-12,19-23H2,1-3H3,(H2,42,53)(H,45,50)(H,46,54)(H,47,55)(H,51,52)(H2,43,48,57)/t32-,33-,34-,35-/m0/s1. The number of carboxylic acid groups (broad SMARTS) is 1. The van der Waals surface area contributed by atoms with Crippen LogP contribution in [0.2, 0.25) is 0 Å². The predicted molar refractivity (Wildman–Crippen MR) is 214 cm³/mol. The van der Waals surface area contributed by atoms with Crippen molar-refractivity contribution in [1.29, 1.82) is 0 Å². The first-order chi connectivity index (χ1) is 27.2. The first kappa shape index (κ1) is 43.0. The van der Waals surface area contributed by atoms with E-state index >= 15 is 0 Å². The van der Waals surface area contributed by atoms with Gasteiger partial charge in [0.2, 0.25) is 29.5 Å². The molecule has 0 unspecified atom stereocenters. The molecule has 0 bridgehead atoms. The third-order valence-corrected chi connectivity index (χ3v) is 9.43. The number of fused-ring (bicyclic) bond motifs is 1. The first-order valence-corrected chi connectivity index (χ1v) is 18.6. The number of aromatic amines is 1. The molecular formula is C41H50N8O8. The molecule has 7 amide bonds. The quantitative estimate of drug-likeness (QED) is 0.0618. The molecule has 0 fully saturated rings. The number of aryl methyl sites for hydroxylation is 1. The van der Waals surface area contributed by atoms with Crippen LogP contribution in [-0.4, -0.2) is 94.3 Å². The largest absolute Gasteiger partial charge is 0.481 e. The Morgan fingerprint density at radius 2 is 1.46 bits per heavy atom. The molecule has 4 atom stereocenters. The fourth-order valence-electron chi connectivity index (χ4n) is 6.37. The average molecular weight is 783 g/mol. The number of unbranched alkanes of at least 4 members (excludes halogenated alkanes) is 1. The minimum atomic E-state index is -1.60. The summed E-state index contributed by atoms with van der Waals surface area (Å²) in [6.45, 7) is 3.35. The highest BCUT2D eigenvalue weighted by molar-refractivity contribution is 5.97. The van der Waals surface area contributed by atoms with Crippen LogP contribution in [0.3, 0.4) is 0 Å². The number of H-pyrrole nitrogens is 1. The zero-order valence-electron chi connectivity index (χ0n) is 32.2. The molecule has 302 valence electrons. The van der Waals surface area contributed by atoms with Crippen molar-refractivity contribution < 1.29 is 38.7 Å². The lowest BCUT2D eigenvalue weighted by Crippen LogP contribution is -2.59. The fraction of sp³-hybridized carbons (Fsp3) is 0.341. The zero-order valence-corrected chi connectivity index (χ0v) is 32.2. The van der Waals surface area contributed by atoms with Crippen LogP contribution in [0.5, 0.6) is 0 Å². The molecule has 9 N–H and O–H groups in total. The van der Waals surface area contributed by atoms with Crippen LogP contribution in [-0.2, 0) is 41.6 Å². The van der Waals surface area contributed by atoms with E-state index in [2.05, 4.69) is 31.6 Å². The number of carbonyl (C=O) groups is 7. The lowest BCUT2D eigenvalue weighted by atomic mass is 10.0. The molecule has 0 radical (unpaired) electrons. The van der Waals surface area contributed by atoms with Crippen LogP contribution in [0.1, 0.15) is 49.3 Å². The Hall–Kier alpha value is -6.71. The number of urea groups is 1. The van der Waals surface area contributed by atoms with Crippen molar-refractivity contribution >= 4 is 58.1 Å². The molecule has 1 aromatic heterocycles.